The summed E-state index contributed by atoms with van der Waals surface area (Å²) in [7, 11) is 1.91. The van der Waals surface area contributed by atoms with Gasteiger partial charge in [0.05, 0.1) is 17.1 Å². The zero-order chi connectivity index (χ0) is 15.9. The van der Waals surface area contributed by atoms with Crippen LogP contribution in [0.15, 0.2) is 16.9 Å². The molecule has 3 rings (SSSR count). The number of carbonyl (C=O) groups excluding carboxylic acids is 1. The van der Waals surface area contributed by atoms with Crippen molar-refractivity contribution in [1.29, 1.82) is 0 Å². The van der Waals surface area contributed by atoms with E-state index in [1.807, 2.05) is 24.7 Å². The molecule has 0 aromatic carbocycles. The monoisotopic (exact) mass is 318 g/mol. The summed E-state index contributed by atoms with van der Waals surface area (Å²) in [5.74, 6) is 0.952. The fourth-order valence-corrected chi connectivity index (χ4v) is 3.35. The molecule has 0 bridgehead atoms. The average molecular weight is 318 g/mol. The number of aromatic nitrogens is 3. The van der Waals surface area contributed by atoms with Crippen molar-refractivity contribution in [2.75, 3.05) is 0 Å². The van der Waals surface area contributed by atoms with Gasteiger partial charge >= 0.3 is 0 Å². The highest BCUT2D eigenvalue weighted by Crippen LogP contribution is 2.31. The maximum atomic E-state index is 12.3. The van der Waals surface area contributed by atoms with Crippen molar-refractivity contribution in [2.45, 2.75) is 33.2 Å². The first-order valence-electron chi connectivity index (χ1n) is 7.11. The lowest BCUT2D eigenvalue weighted by atomic mass is 10.1. The SMILES string of the molecule is Cc1ocnc1CNC(=O)c1cc2c(C(C)C)nn(C)c2s1. The highest BCUT2D eigenvalue weighted by Gasteiger charge is 2.18. The quantitative estimate of drug-likeness (QED) is 0.802. The van der Waals surface area contributed by atoms with Crippen molar-refractivity contribution in [1.82, 2.24) is 20.1 Å². The number of nitrogens with one attached hydrogen (secondary N) is 1. The molecule has 0 atom stereocenters. The molecule has 7 heteroatoms. The van der Waals surface area contributed by atoms with E-state index in [2.05, 4.69) is 29.2 Å². The van der Waals surface area contributed by atoms with Gasteiger partial charge in [0.15, 0.2) is 6.39 Å². The smallest absolute Gasteiger partial charge is 0.261 e. The molecule has 0 radical (unpaired) electrons. The molecule has 3 aromatic rings. The Morgan fingerprint density at radius 1 is 1.50 bits per heavy atom. The molecule has 0 spiro atoms. The zero-order valence-electron chi connectivity index (χ0n) is 13.0. The standard InChI is InChI=1S/C15H18N4O2S/c1-8(2)13-10-5-12(22-15(10)19(4)18-13)14(20)16-6-11-9(3)21-7-17-11/h5,7-8H,6H2,1-4H3,(H,16,20). The predicted molar refractivity (Wildman–Crippen MR) is 85.1 cm³/mol. The number of thiophene rings is 1. The van der Waals surface area contributed by atoms with Crippen LogP contribution in [-0.4, -0.2) is 20.7 Å². The minimum Gasteiger partial charge on any atom is -0.448 e. The Bertz CT molecular complexity index is 828. The number of amides is 1. The maximum absolute atomic E-state index is 12.3. The van der Waals surface area contributed by atoms with Crippen LogP contribution in [0.5, 0.6) is 0 Å². The van der Waals surface area contributed by atoms with Crippen LogP contribution < -0.4 is 5.32 Å². The molecule has 0 aliphatic rings. The zero-order valence-corrected chi connectivity index (χ0v) is 13.8. The number of fused-ring (bicyclic) bond motifs is 1. The molecule has 0 aliphatic carbocycles. The van der Waals surface area contributed by atoms with E-state index >= 15 is 0 Å². The second kappa shape index (κ2) is 5.57. The third kappa shape index (κ3) is 2.52. The van der Waals surface area contributed by atoms with Crippen molar-refractivity contribution in [3.05, 3.63) is 34.5 Å². The number of nitrogens with zero attached hydrogens (tertiary/aromatic N) is 3. The summed E-state index contributed by atoms with van der Waals surface area (Å²) >= 11 is 1.46. The molecular formula is C15H18N4O2S. The van der Waals surface area contributed by atoms with Gasteiger partial charge in [0.2, 0.25) is 0 Å². The van der Waals surface area contributed by atoms with Crippen LogP contribution in [0, 0.1) is 6.92 Å². The van der Waals surface area contributed by atoms with Crippen LogP contribution in [0.25, 0.3) is 10.2 Å². The summed E-state index contributed by atoms with van der Waals surface area (Å²) in [6.45, 7) is 6.40. The van der Waals surface area contributed by atoms with Crippen LogP contribution in [0.2, 0.25) is 0 Å². The van der Waals surface area contributed by atoms with Gasteiger partial charge in [-0.1, -0.05) is 13.8 Å². The van der Waals surface area contributed by atoms with Crippen LogP contribution in [0.4, 0.5) is 0 Å². The number of carbonyl (C=O) groups is 1. The molecule has 3 heterocycles. The van der Waals surface area contributed by atoms with E-state index in [-0.39, 0.29) is 5.91 Å². The van der Waals surface area contributed by atoms with E-state index in [0.717, 1.165) is 27.4 Å². The lowest BCUT2D eigenvalue weighted by Gasteiger charge is -2.02. The maximum Gasteiger partial charge on any atom is 0.261 e. The molecule has 0 saturated heterocycles. The number of hydrogen-bond acceptors (Lipinski definition) is 5. The highest BCUT2D eigenvalue weighted by molar-refractivity contribution is 7.20. The Morgan fingerprint density at radius 3 is 2.91 bits per heavy atom. The first-order chi connectivity index (χ1) is 10.5. The van der Waals surface area contributed by atoms with E-state index in [1.54, 1.807) is 0 Å². The van der Waals surface area contributed by atoms with Crippen molar-refractivity contribution >= 4 is 27.5 Å². The van der Waals surface area contributed by atoms with E-state index in [4.69, 9.17) is 4.42 Å². The molecule has 0 unspecified atom stereocenters. The van der Waals surface area contributed by atoms with E-state index in [1.165, 1.54) is 17.7 Å². The lowest BCUT2D eigenvalue weighted by Crippen LogP contribution is -2.22. The average Bonchev–Trinajstić information content (AvgIpc) is 3.13. The normalized spacial score (nSPS) is 11.5. The van der Waals surface area contributed by atoms with E-state index in [0.29, 0.717) is 17.3 Å². The number of rotatable bonds is 4. The summed E-state index contributed by atoms with van der Waals surface area (Å²) in [6.07, 6.45) is 1.39. The van der Waals surface area contributed by atoms with Crippen molar-refractivity contribution in [3.63, 3.8) is 0 Å². The molecule has 3 aromatic heterocycles. The molecule has 1 N–H and O–H groups in total. The molecule has 116 valence electrons. The fraction of sp³-hybridized carbons (Fsp3) is 0.400. The number of oxazole rings is 1. The topological polar surface area (TPSA) is 73.0 Å². The molecule has 0 fully saturated rings. The van der Waals surface area contributed by atoms with Gasteiger partial charge < -0.3 is 9.73 Å². The van der Waals surface area contributed by atoms with Gasteiger partial charge in [-0.15, -0.1) is 11.3 Å². The fourth-order valence-electron chi connectivity index (χ4n) is 2.35. The van der Waals surface area contributed by atoms with Crippen molar-refractivity contribution < 1.29 is 9.21 Å². The van der Waals surface area contributed by atoms with Gasteiger partial charge in [-0.25, -0.2) is 4.98 Å². The van der Waals surface area contributed by atoms with Crippen molar-refractivity contribution in [3.8, 4) is 0 Å². The minimum atomic E-state index is -0.0988. The van der Waals surface area contributed by atoms with Crippen LogP contribution in [0.3, 0.4) is 0 Å². The highest BCUT2D eigenvalue weighted by atomic mass is 32.1. The minimum absolute atomic E-state index is 0.0988. The first kappa shape index (κ1) is 14.8. The Balaban J connectivity index is 1.82. The second-order valence-electron chi connectivity index (χ2n) is 5.53. The van der Waals surface area contributed by atoms with Gasteiger partial charge in [0, 0.05) is 12.4 Å². The Hall–Kier alpha value is -2.15. The Kier molecular flexibility index (Phi) is 3.74. The van der Waals surface area contributed by atoms with Crippen molar-refractivity contribution in [2.24, 2.45) is 7.05 Å². The van der Waals surface area contributed by atoms with Gasteiger partial charge in [-0.2, -0.15) is 5.10 Å². The third-order valence-electron chi connectivity index (χ3n) is 3.57. The second-order valence-corrected chi connectivity index (χ2v) is 6.56. The molecule has 1 amide bonds. The summed E-state index contributed by atoms with van der Waals surface area (Å²) in [6, 6.07) is 1.92. The molecule has 0 aliphatic heterocycles. The molecular weight excluding hydrogens is 300 g/mol. The molecule has 6 nitrogen and oxygen atoms in total. The molecule has 22 heavy (non-hydrogen) atoms. The summed E-state index contributed by atoms with van der Waals surface area (Å²) in [4.78, 5) is 18.1. The van der Waals surface area contributed by atoms with Gasteiger partial charge in [-0.05, 0) is 18.9 Å². The largest absolute Gasteiger partial charge is 0.448 e. The number of aryl methyl sites for hydroxylation is 2. The first-order valence-corrected chi connectivity index (χ1v) is 7.92. The summed E-state index contributed by atoms with van der Waals surface area (Å²) < 4.78 is 6.97. The van der Waals surface area contributed by atoms with E-state index < -0.39 is 0 Å². The van der Waals surface area contributed by atoms with Crippen LogP contribution >= 0.6 is 11.3 Å². The third-order valence-corrected chi connectivity index (χ3v) is 4.77. The van der Waals surface area contributed by atoms with Gasteiger partial charge in [0.25, 0.3) is 5.91 Å². The van der Waals surface area contributed by atoms with Crippen LogP contribution in [-0.2, 0) is 13.6 Å². The predicted octanol–water partition coefficient (Wildman–Crippen LogP) is 2.98. The van der Waals surface area contributed by atoms with Crippen LogP contribution in [0.1, 0.15) is 46.6 Å². The van der Waals surface area contributed by atoms with Gasteiger partial charge in [-0.3, -0.25) is 9.48 Å². The summed E-state index contributed by atoms with van der Waals surface area (Å²) in [5.41, 5.74) is 1.78. The number of hydrogen-bond donors (Lipinski definition) is 1. The lowest BCUT2D eigenvalue weighted by molar-refractivity contribution is 0.0954. The van der Waals surface area contributed by atoms with Gasteiger partial charge in [0.1, 0.15) is 16.3 Å². The molecule has 0 saturated carbocycles. The summed E-state index contributed by atoms with van der Waals surface area (Å²) in [5, 5.41) is 8.46. The Labute approximate surface area is 132 Å². The Morgan fingerprint density at radius 2 is 2.27 bits per heavy atom. The van der Waals surface area contributed by atoms with E-state index in [9.17, 15) is 4.79 Å².